The molecule has 134 valence electrons. The number of halogens is 1. The second-order valence-electron chi connectivity index (χ2n) is 6.52. The molecule has 1 heterocycles. The van der Waals surface area contributed by atoms with Crippen LogP contribution in [0.25, 0.3) is 0 Å². The monoisotopic (exact) mass is 378 g/mol. The normalized spacial score (nSPS) is 17.0. The van der Waals surface area contributed by atoms with Crippen LogP contribution in [0.3, 0.4) is 0 Å². The van der Waals surface area contributed by atoms with Crippen LogP contribution in [0.1, 0.15) is 29.5 Å². The molecule has 0 saturated carbocycles. The third kappa shape index (κ3) is 3.41. The van der Waals surface area contributed by atoms with E-state index in [2.05, 4.69) is 5.32 Å². The Bertz CT molecular complexity index is 867. The number of nitrogens with one attached hydrogen (secondary N) is 1. The van der Waals surface area contributed by atoms with Crippen molar-refractivity contribution in [3.8, 4) is 0 Å². The smallest absolute Gasteiger partial charge is 0.264 e. The summed E-state index contributed by atoms with van der Waals surface area (Å²) in [5.74, 6) is 0. The number of anilines is 1. The molecule has 6 heteroatoms. The highest BCUT2D eigenvalue weighted by Crippen LogP contribution is 2.30. The van der Waals surface area contributed by atoms with Gasteiger partial charge in [0.15, 0.2) is 0 Å². The standard InChI is InChI=1S/C19H22N2O2S.ClH/c22-24(23,18-10-9-15-5-1-2-6-16(15)13-18)21-12-11-20-14-17-7-3-4-8-19(17)21;/h3-4,7-10,13,20H,1-2,5-6,11-12,14H2;1H. The van der Waals surface area contributed by atoms with Crippen LogP contribution in [0, 0.1) is 0 Å². The SMILES string of the molecule is Cl.O=S(=O)(c1ccc2c(c1)CCCC2)N1CCNCc2ccccc21. The molecule has 1 aliphatic heterocycles. The number of rotatable bonds is 2. The van der Waals surface area contributed by atoms with Crippen LogP contribution < -0.4 is 9.62 Å². The van der Waals surface area contributed by atoms with E-state index in [-0.39, 0.29) is 12.4 Å². The first kappa shape index (κ1) is 18.2. The van der Waals surface area contributed by atoms with Gasteiger partial charge < -0.3 is 5.32 Å². The second-order valence-corrected chi connectivity index (χ2v) is 8.38. The van der Waals surface area contributed by atoms with Gasteiger partial charge in [-0.05, 0) is 60.6 Å². The first-order chi connectivity index (χ1) is 11.7. The molecule has 0 radical (unpaired) electrons. The summed E-state index contributed by atoms with van der Waals surface area (Å²) in [6, 6.07) is 13.4. The van der Waals surface area contributed by atoms with Gasteiger partial charge in [0.05, 0.1) is 10.6 Å². The topological polar surface area (TPSA) is 49.4 Å². The Morgan fingerprint density at radius 1 is 0.920 bits per heavy atom. The Labute approximate surface area is 155 Å². The lowest BCUT2D eigenvalue weighted by molar-refractivity contribution is 0.589. The highest BCUT2D eigenvalue weighted by Gasteiger charge is 2.28. The van der Waals surface area contributed by atoms with E-state index in [9.17, 15) is 8.42 Å². The Hall–Kier alpha value is -1.56. The minimum Gasteiger partial charge on any atom is -0.311 e. The summed E-state index contributed by atoms with van der Waals surface area (Å²) in [4.78, 5) is 0.417. The molecule has 4 rings (SSSR count). The average molecular weight is 379 g/mol. The highest BCUT2D eigenvalue weighted by molar-refractivity contribution is 7.92. The van der Waals surface area contributed by atoms with E-state index in [0.29, 0.717) is 24.5 Å². The lowest BCUT2D eigenvalue weighted by Gasteiger charge is -2.25. The van der Waals surface area contributed by atoms with Gasteiger partial charge in [0, 0.05) is 19.6 Å². The number of benzene rings is 2. The average Bonchev–Trinajstić information content (AvgIpc) is 2.84. The zero-order valence-electron chi connectivity index (χ0n) is 14.1. The number of para-hydroxylation sites is 1. The zero-order chi connectivity index (χ0) is 16.6. The molecular formula is C19H23ClN2O2S. The maximum Gasteiger partial charge on any atom is 0.264 e. The molecule has 4 nitrogen and oxygen atoms in total. The molecule has 1 aliphatic carbocycles. The molecule has 0 spiro atoms. The van der Waals surface area contributed by atoms with Crippen LogP contribution in [0.2, 0.25) is 0 Å². The Balaban J connectivity index is 0.00000182. The van der Waals surface area contributed by atoms with Gasteiger partial charge in [-0.2, -0.15) is 0 Å². The van der Waals surface area contributed by atoms with Crippen molar-refractivity contribution in [3.05, 3.63) is 59.2 Å². The molecule has 0 bridgehead atoms. The fourth-order valence-electron chi connectivity index (χ4n) is 3.67. The molecule has 2 aliphatic rings. The molecule has 0 fully saturated rings. The lowest BCUT2D eigenvalue weighted by atomic mass is 9.92. The third-order valence-electron chi connectivity index (χ3n) is 4.98. The molecule has 2 aromatic rings. The Morgan fingerprint density at radius 3 is 2.52 bits per heavy atom. The minimum absolute atomic E-state index is 0. The summed E-state index contributed by atoms with van der Waals surface area (Å²) < 4.78 is 28.1. The molecular weight excluding hydrogens is 356 g/mol. The van der Waals surface area contributed by atoms with Crippen molar-refractivity contribution in [2.24, 2.45) is 0 Å². The van der Waals surface area contributed by atoms with Crippen molar-refractivity contribution in [2.75, 3.05) is 17.4 Å². The van der Waals surface area contributed by atoms with Crippen LogP contribution in [0.4, 0.5) is 5.69 Å². The molecule has 0 aromatic heterocycles. The molecule has 0 saturated heterocycles. The van der Waals surface area contributed by atoms with Crippen molar-refractivity contribution >= 4 is 28.1 Å². The van der Waals surface area contributed by atoms with E-state index < -0.39 is 10.0 Å². The van der Waals surface area contributed by atoms with Crippen LogP contribution >= 0.6 is 12.4 Å². The van der Waals surface area contributed by atoms with Gasteiger partial charge >= 0.3 is 0 Å². The van der Waals surface area contributed by atoms with Gasteiger partial charge in [-0.15, -0.1) is 12.4 Å². The number of aryl methyl sites for hydroxylation is 2. The first-order valence-corrected chi connectivity index (χ1v) is 10.0. The highest BCUT2D eigenvalue weighted by atomic mass is 35.5. The summed E-state index contributed by atoms with van der Waals surface area (Å²) in [7, 11) is -3.54. The summed E-state index contributed by atoms with van der Waals surface area (Å²) in [6.07, 6.45) is 4.39. The van der Waals surface area contributed by atoms with Gasteiger partial charge in [0.1, 0.15) is 0 Å². The summed E-state index contributed by atoms with van der Waals surface area (Å²) >= 11 is 0. The molecule has 2 aromatic carbocycles. The fraction of sp³-hybridized carbons (Fsp3) is 0.368. The van der Waals surface area contributed by atoms with E-state index in [0.717, 1.165) is 30.5 Å². The van der Waals surface area contributed by atoms with Crippen molar-refractivity contribution in [2.45, 2.75) is 37.1 Å². The number of hydrogen-bond donors (Lipinski definition) is 1. The van der Waals surface area contributed by atoms with Crippen molar-refractivity contribution in [1.29, 1.82) is 0 Å². The zero-order valence-corrected chi connectivity index (χ0v) is 15.7. The lowest BCUT2D eigenvalue weighted by Crippen LogP contribution is -2.34. The number of fused-ring (bicyclic) bond motifs is 2. The second kappa shape index (κ2) is 7.36. The van der Waals surface area contributed by atoms with Gasteiger partial charge in [0.2, 0.25) is 0 Å². The third-order valence-corrected chi connectivity index (χ3v) is 6.78. The Morgan fingerprint density at radius 2 is 1.68 bits per heavy atom. The van der Waals surface area contributed by atoms with Crippen LogP contribution in [-0.2, 0) is 29.4 Å². The van der Waals surface area contributed by atoms with Gasteiger partial charge in [-0.1, -0.05) is 24.3 Å². The largest absolute Gasteiger partial charge is 0.311 e. The summed E-state index contributed by atoms with van der Waals surface area (Å²) in [5, 5.41) is 3.30. The van der Waals surface area contributed by atoms with Crippen molar-refractivity contribution < 1.29 is 8.42 Å². The maximum atomic E-state index is 13.3. The predicted molar refractivity (Wildman–Crippen MR) is 103 cm³/mol. The number of hydrogen-bond acceptors (Lipinski definition) is 3. The van der Waals surface area contributed by atoms with E-state index in [4.69, 9.17) is 0 Å². The predicted octanol–water partition coefficient (Wildman–Crippen LogP) is 3.29. The van der Waals surface area contributed by atoms with Gasteiger partial charge in [0.25, 0.3) is 10.0 Å². The number of nitrogens with zero attached hydrogens (tertiary/aromatic N) is 1. The summed E-state index contributed by atoms with van der Waals surface area (Å²) in [5.41, 5.74) is 4.32. The van der Waals surface area contributed by atoms with E-state index in [1.807, 2.05) is 36.4 Å². The van der Waals surface area contributed by atoms with E-state index in [1.54, 1.807) is 10.4 Å². The van der Waals surface area contributed by atoms with E-state index in [1.165, 1.54) is 17.5 Å². The maximum absolute atomic E-state index is 13.3. The minimum atomic E-state index is -3.54. The fourth-order valence-corrected chi connectivity index (χ4v) is 5.23. The van der Waals surface area contributed by atoms with Crippen LogP contribution in [0.5, 0.6) is 0 Å². The molecule has 0 amide bonds. The van der Waals surface area contributed by atoms with Crippen LogP contribution in [0.15, 0.2) is 47.4 Å². The van der Waals surface area contributed by atoms with Gasteiger partial charge in [-0.3, -0.25) is 4.31 Å². The number of sulfonamides is 1. The first-order valence-electron chi connectivity index (χ1n) is 8.59. The molecule has 25 heavy (non-hydrogen) atoms. The molecule has 1 N–H and O–H groups in total. The molecule has 0 atom stereocenters. The van der Waals surface area contributed by atoms with Crippen molar-refractivity contribution in [3.63, 3.8) is 0 Å². The quantitative estimate of drug-likeness (QED) is 0.872. The van der Waals surface area contributed by atoms with E-state index >= 15 is 0 Å². The summed E-state index contributed by atoms with van der Waals surface area (Å²) in [6.45, 7) is 1.81. The molecule has 0 unspecified atom stereocenters. The van der Waals surface area contributed by atoms with Crippen molar-refractivity contribution in [1.82, 2.24) is 5.32 Å². The van der Waals surface area contributed by atoms with Crippen LogP contribution in [-0.4, -0.2) is 21.5 Å². The van der Waals surface area contributed by atoms with Gasteiger partial charge in [-0.25, -0.2) is 8.42 Å². The Kier molecular flexibility index (Phi) is 5.37.